The molecule has 0 amide bonds. The highest BCUT2D eigenvalue weighted by Crippen LogP contribution is 2.44. The minimum atomic E-state index is -2.73. The molecule has 2 aromatic heterocycles. The molecule has 1 aromatic carbocycles. The van der Waals surface area contributed by atoms with Crippen LogP contribution in [0, 0.1) is 11.3 Å². The SMILES string of the molecule is COCCOc1nc(P(C)(C)=O)ncc1Nc1nccc(-c2cc(C#N)c3c(c2)[C@@](C)(CO)CN3[B]C=O)n1. The van der Waals surface area contributed by atoms with Crippen LogP contribution < -0.4 is 20.4 Å². The van der Waals surface area contributed by atoms with Gasteiger partial charge in [0.1, 0.15) is 31.7 Å². The summed E-state index contributed by atoms with van der Waals surface area (Å²) in [5, 5.41) is 23.1. The van der Waals surface area contributed by atoms with E-state index < -0.39 is 12.6 Å². The summed E-state index contributed by atoms with van der Waals surface area (Å²) in [5.74, 6) is 0.404. The Morgan fingerprint density at radius 3 is 2.77 bits per heavy atom. The zero-order valence-electron chi connectivity index (χ0n) is 22.1. The van der Waals surface area contributed by atoms with E-state index in [1.165, 1.54) is 13.6 Å². The Hall–Kier alpha value is -3.85. The number of fused-ring (bicyclic) bond motifs is 1. The summed E-state index contributed by atoms with van der Waals surface area (Å²) in [6, 6.07) is 7.47. The molecule has 0 unspecified atom stereocenters. The number of methoxy groups -OCH3 is 1. The highest BCUT2D eigenvalue weighted by molar-refractivity contribution is 7.69. The molecule has 39 heavy (non-hydrogen) atoms. The molecular weight excluding hydrogens is 520 g/mol. The number of nitriles is 1. The molecule has 201 valence electrons. The standard InChI is InChI=1S/C25H28BN7O5P/c1-25(14-34)13-33(26-15-35)21-17(11-27)9-16(10-18(21)25)19-5-6-28-23(30-19)31-20-12-29-24(39(3,4)36)32-22(20)38-8-7-37-2/h5-6,9-10,12,15,34H,7-8,13-14H2,1-4H3,(H,28,30,31)/t25-/m1/s1. The number of ether oxygens (including phenoxy) is 2. The highest BCUT2D eigenvalue weighted by atomic mass is 31.2. The summed E-state index contributed by atoms with van der Waals surface area (Å²) in [6.07, 6.45) is 3.69. The van der Waals surface area contributed by atoms with Crippen molar-refractivity contribution >= 4 is 43.6 Å². The Bertz CT molecular complexity index is 1480. The van der Waals surface area contributed by atoms with Crippen LogP contribution in [0.15, 0.2) is 30.6 Å². The van der Waals surface area contributed by atoms with Crippen molar-refractivity contribution in [3.8, 4) is 23.2 Å². The number of aliphatic hydroxyl groups is 1. The first kappa shape index (κ1) is 28.2. The maximum Gasteiger partial charge on any atom is 0.329 e. The fourth-order valence-electron chi connectivity index (χ4n) is 4.25. The number of aromatic nitrogens is 4. The first-order chi connectivity index (χ1) is 18.6. The molecule has 1 aliphatic rings. The third-order valence-electron chi connectivity index (χ3n) is 6.22. The molecule has 0 saturated heterocycles. The van der Waals surface area contributed by atoms with Crippen molar-refractivity contribution in [3.63, 3.8) is 0 Å². The molecule has 3 heterocycles. The monoisotopic (exact) mass is 548 g/mol. The lowest BCUT2D eigenvalue weighted by atomic mass is 9.83. The van der Waals surface area contributed by atoms with Gasteiger partial charge in [0.25, 0.3) is 0 Å². The average molecular weight is 548 g/mol. The number of hydrogen-bond donors (Lipinski definition) is 2. The second-order valence-electron chi connectivity index (χ2n) is 9.64. The quantitative estimate of drug-likeness (QED) is 0.155. The van der Waals surface area contributed by atoms with E-state index in [2.05, 4.69) is 31.3 Å². The van der Waals surface area contributed by atoms with Crippen molar-refractivity contribution in [3.05, 3.63) is 41.7 Å². The molecule has 12 nitrogen and oxygen atoms in total. The number of aliphatic hydroxyl groups excluding tert-OH is 1. The van der Waals surface area contributed by atoms with Crippen molar-refractivity contribution < 1.29 is 23.9 Å². The van der Waals surface area contributed by atoms with Gasteiger partial charge in [-0.25, -0.2) is 15.0 Å². The van der Waals surface area contributed by atoms with E-state index in [4.69, 9.17) is 9.47 Å². The van der Waals surface area contributed by atoms with Crippen LogP contribution in [0.5, 0.6) is 5.88 Å². The van der Waals surface area contributed by atoms with Crippen LogP contribution in [0.2, 0.25) is 0 Å². The molecule has 2 N–H and O–H groups in total. The van der Waals surface area contributed by atoms with Gasteiger partial charge in [-0.05, 0) is 37.1 Å². The molecule has 1 aliphatic heterocycles. The molecule has 0 bridgehead atoms. The normalized spacial score (nSPS) is 16.4. The number of hydrogen-bond acceptors (Lipinski definition) is 12. The minimum absolute atomic E-state index is 0.168. The maximum atomic E-state index is 12.5. The predicted octanol–water partition coefficient (Wildman–Crippen LogP) is 1.70. The number of rotatable bonds is 11. The van der Waals surface area contributed by atoms with E-state index in [0.29, 0.717) is 47.5 Å². The molecule has 1 radical (unpaired) electrons. The Morgan fingerprint density at radius 1 is 1.31 bits per heavy atom. The highest BCUT2D eigenvalue weighted by Gasteiger charge is 2.40. The number of carbonyl (C=O) groups is 1. The molecule has 0 fully saturated rings. The lowest BCUT2D eigenvalue weighted by molar-refractivity contribution is 0.144. The van der Waals surface area contributed by atoms with E-state index >= 15 is 0 Å². The second-order valence-corrected chi connectivity index (χ2v) is 12.7. The molecule has 4 rings (SSSR count). The van der Waals surface area contributed by atoms with E-state index in [9.17, 15) is 19.7 Å². The van der Waals surface area contributed by atoms with Crippen LogP contribution in [0.4, 0.5) is 17.3 Å². The largest absolute Gasteiger partial charge is 0.474 e. The van der Waals surface area contributed by atoms with Crippen molar-refractivity contribution in [1.82, 2.24) is 19.9 Å². The van der Waals surface area contributed by atoms with Crippen LogP contribution >= 0.6 is 7.14 Å². The van der Waals surface area contributed by atoms with Crippen LogP contribution in [0.3, 0.4) is 0 Å². The first-order valence-corrected chi connectivity index (χ1v) is 14.6. The summed E-state index contributed by atoms with van der Waals surface area (Å²) < 4.78 is 23.3. The number of nitrogens with zero attached hydrogens (tertiary/aromatic N) is 6. The molecule has 0 spiro atoms. The van der Waals surface area contributed by atoms with Gasteiger partial charge < -0.3 is 34.1 Å². The zero-order chi connectivity index (χ0) is 28.2. The fraction of sp³-hybridized carbons (Fsp3) is 0.360. The third kappa shape index (κ3) is 5.93. The maximum absolute atomic E-state index is 12.5. The number of anilines is 3. The van der Waals surface area contributed by atoms with Gasteiger partial charge in [0.2, 0.25) is 11.8 Å². The Morgan fingerprint density at radius 2 is 2.10 bits per heavy atom. The van der Waals surface area contributed by atoms with Crippen molar-refractivity contribution in [2.24, 2.45) is 0 Å². The lowest BCUT2D eigenvalue weighted by Gasteiger charge is -2.23. The van der Waals surface area contributed by atoms with Gasteiger partial charge in [0, 0.05) is 36.5 Å². The molecule has 0 aliphatic carbocycles. The molecular formula is C25H28BN7O5P. The third-order valence-corrected chi connectivity index (χ3v) is 7.40. The predicted molar refractivity (Wildman–Crippen MR) is 148 cm³/mol. The number of carbonyl (C=O) groups excluding carboxylic acids is 1. The molecule has 3 aromatic rings. The van der Waals surface area contributed by atoms with Gasteiger partial charge in [-0.15, -0.1) is 0 Å². The Labute approximate surface area is 227 Å². The fourth-order valence-corrected chi connectivity index (χ4v) is 4.92. The van der Waals surface area contributed by atoms with E-state index in [0.717, 1.165) is 5.56 Å². The lowest BCUT2D eigenvalue weighted by Crippen LogP contribution is -2.36. The van der Waals surface area contributed by atoms with Gasteiger partial charge in [-0.3, -0.25) is 0 Å². The van der Waals surface area contributed by atoms with Crippen molar-refractivity contribution in [1.29, 1.82) is 5.26 Å². The summed E-state index contributed by atoms with van der Waals surface area (Å²) in [6.45, 7) is 5.76. The van der Waals surface area contributed by atoms with Crippen LogP contribution in [-0.2, 0) is 19.5 Å². The average Bonchev–Trinajstić information content (AvgIpc) is 3.21. The van der Waals surface area contributed by atoms with Gasteiger partial charge in [0.15, 0.2) is 5.57 Å². The van der Waals surface area contributed by atoms with Crippen molar-refractivity contribution in [2.75, 3.05) is 56.9 Å². The summed E-state index contributed by atoms with van der Waals surface area (Å²) in [7, 11) is 0.184. The van der Waals surface area contributed by atoms with Gasteiger partial charge >= 0.3 is 7.41 Å². The number of benzene rings is 1. The van der Waals surface area contributed by atoms with Gasteiger partial charge in [0.05, 0.1) is 30.7 Å². The van der Waals surface area contributed by atoms with Crippen LogP contribution in [0.25, 0.3) is 11.3 Å². The van der Waals surface area contributed by atoms with Gasteiger partial charge in [-0.1, -0.05) is 6.92 Å². The Balaban J connectivity index is 1.72. The molecule has 14 heteroatoms. The zero-order valence-corrected chi connectivity index (χ0v) is 23.0. The number of nitrogens with one attached hydrogen (secondary N) is 1. The summed E-state index contributed by atoms with van der Waals surface area (Å²) in [5.41, 5.74) is 2.73. The van der Waals surface area contributed by atoms with Gasteiger partial charge in [-0.2, -0.15) is 10.2 Å². The van der Waals surface area contributed by atoms with Crippen molar-refractivity contribution in [2.45, 2.75) is 12.3 Å². The smallest absolute Gasteiger partial charge is 0.329 e. The summed E-state index contributed by atoms with van der Waals surface area (Å²) in [4.78, 5) is 30.4. The van der Waals surface area contributed by atoms with E-state index in [1.807, 2.05) is 13.0 Å². The molecule has 1 atom stereocenters. The topological polar surface area (TPSA) is 163 Å². The second kappa shape index (κ2) is 11.5. The van der Waals surface area contributed by atoms with Crippen LogP contribution in [-0.4, -0.2) is 85.4 Å². The first-order valence-electron chi connectivity index (χ1n) is 12.0. The minimum Gasteiger partial charge on any atom is -0.474 e. The van der Waals surface area contributed by atoms with E-state index in [1.54, 1.807) is 43.6 Å². The van der Waals surface area contributed by atoms with E-state index in [-0.39, 0.29) is 30.6 Å². The molecule has 0 saturated carbocycles. The summed E-state index contributed by atoms with van der Waals surface area (Å²) >= 11 is 0. The van der Waals surface area contributed by atoms with Crippen LogP contribution in [0.1, 0.15) is 18.1 Å². The Kier molecular flexibility index (Phi) is 8.30.